The topological polar surface area (TPSA) is 95.1 Å². The summed E-state index contributed by atoms with van der Waals surface area (Å²) in [6, 6.07) is 4.70. The number of aliphatic hydroxyl groups is 1. The molecule has 1 heterocycles. The number of benzene rings is 1. The first-order valence-corrected chi connectivity index (χ1v) is 8.09. The molecule has 0 saturated carbocycles. The van der Waals surface area contributed by atoms with Gasteiger partial charge in [-0.2, -0.15) is 5.10 Å². The Bertz CT molecular complexity index is 712. The van der Waals surface area contributed by atoms with Gasteiger partial charge in [0.2, 0.25) is 10.0 Å². The highest BCUT2D eigenvalue weighted by molar-refractivity contribution is 9.10. The first kappa shape index (κ1) is 15.2. The van der Waals surface area contributed by atoms with E-state index in [1.807, 2.05) is 6.92 Å². The van der Waals surface area contributed by atoms with Crippen LogP contribution in [0, 0.1) is 6.92 Å². The molecule has 0 fully saturated rings. The standard InChI is InChI=1S/C12H14BrN3O3S/c1-8-10(5-14-16-8)6-15-20(18,19)12-4-9(7-17)2-3-11(12)13/h2-5,15,17H,6-7H2,1H3,(H,14,16). The maximum absolute atomic E-state index is 12.3. The average Bonchev–Trinajstić information content (AvgIpc) is 2.82. The second-order valence-corrected chi connectivity index (χ2v) is 6.86. The fourth-order valence-corrected chi connectivity index (χ4v) is 3.67. The Morgan fingerprint density at radius 1 is 1.45 bits per heavy atom. The van der Waals surface area contributed by atoms with Crippen LogP contribution in [0.25, 0.3) is 0 Å². The molecule has 0 aliphatic heterocycles. The van der Waals surface area contributed by atoms with Crippen molar-refractivity contribution < 1.29 is 13.5 Å². The van der Waals surface area contributed by atoms with E-state index in [1.54, 1.807) is 18.3 Å². The predicted octanol–water partition coefficient (Wildman–Crippen LogP) is 1.45. The van der Waals surface area contributed by atoms with Gasteiger partial charge in [-0.15, -0.1) is 0 Å². The molecule has 0 aliphatic carbocycles. The summed E-state index contributed by atoms with van der Waals surface area (Å²) < 4.78 is 27.5. The van der Waals surface area contributed by atoms with Gasteiger partial charge in [0, 0.05) is 22.3 Å². The van der Waals surface area contributed by atoms with Gasteiger partial charge in [-0.05, 0) is 40.5 Å². The Kier molecular flexibility index (Phi) is 4.59. The van der Waals surface area contributed by atoms with Gasteiger partial charge < -0.3 is 5.11 Å². The molecule has 8 heteroatoms. The molecule has 0 aliphatic rings. The molecule has 0 radical (unpaired) electrons. The third kappa shape index (κ3) is 3.26. The zero-order chi connectivity index (χ0) is 14.8. The Morgan fingerprint density at radius 2 is 2.20 bits per heavy atom. The highest BCUT2D eigenvalue weighted by Gasteiger charge is 2.18. The Labute approximate surface area is 125 Å². The van der Waals surface area contributed by atoms with Crippen molar-refractivity contribution in [2.24, 2.45) is 0 Å². The molecule has 20 heavy (non-hydrogen) atoms. The van der Waals surface area contributed by atoms with Crippen molar-refractivity contribution in [2.45, 2.75) is 25.0 Å². The minimum atomic E-state index is -3.67. The van der Waals surface area contributed by atoms with E-state index in [0.29, 0.717) is 10.0 Å². The second kappa shape index (κ2) is 6.04. The number of aromatic nitrogens is 2. The van der Waals surface area contributed by atoms with E-state index in [2.05, 4.69) is 30.8 Å². The molecule has 1 aromatic heterocycles. The molecule has 0 saturated heterocycles. The molecule has 2 aromatic rings. The summed E-state index contributed by atoms with van der Waals surface area (Å²) in [7, 11) is -3.67. The highest BCUT2D eigenvalue weighted by Crippen LogP contribution is 2.23. The van der Waals surface area contributed by atoms with Crippen molar-refractivity contribution in [3.63, 3.8) is 0 Å². The fourth-order valence-electron chi connectivity index (χ4n) is 1.66. The van der Waals surface area contributed by atoms with E-state index >= 15 is 0 Å². The summed E-state index contributed by atoms with van der Waals surface area (Å²) in [6.07, 6.45) is 1.58. The van der Waals surface area contributed by atoms with E-state index in [-0.39, 0.29) is 18.0 Å². The molecule has 0 unspecified atom stereocenters. The van der Waals surface area contributed by atoms with Crippen molar-refractivity contribution in [3.8, 4) is 0 Å². The Balaban J connectivity index is 2.24. The lowest BCUT2D eigenvalue weighted by atomic mass is 10.2. The third-order valence-electron chi connectivity index (χ3n) is 2.85. The number of nitrogens with one attached hydrogen (secondary N) is 2. The summed E-state index contributed by atoms with van der Waals surface area (Å²) in [4.78, 5) is 0.102. The van der Waals surface area contributed by atoms with E-state index in [1.165, 1.54) is 6.07 Å². The number of aromatic amines is 1. The molecular weight excluding hydrogens is 346 g/mol. The number of rotatable bonds is 5. The normalized spacial score (nSPS) is 11.8. The van der Waals surface area contributed by atoms with Gasteiger partial charge in [-0.3, -0.25) is 5.10 Å². The molecule has 1 aromatic carbocycles. The summed E-state index contributed by atoms with van der Waals surface area (Å²) in [5, 5.41) is 15.7. The van der Waals surface area contributed by atoms with Gasteiger partial charge in [-0.1, -0.05) is 6.07 Å². The average molecular weight is 360 g/mol. The quantitative estimate of drug-likeness (QED) is 0.752. The minimum Gasteiger partial charge on any atom is -0.392 e. The number of aryl methyl sites for hydroxylation is 1. The van der Waals surface area contributed by atoms with Crippen LogP contribution < -0.4 is 4.72 Å². The first-order valence-electron chi connectivity index (χ1n) is 5.82. The van der Waals surface area contributed by atoms with Gasteiger partial charge >= 0.3 is 0 Å². The van der Waals surface area contributed by atoms with Crippen molar-refractivity contribution >= 4 is 26.0 Å². The number of hydrogen-bond acceptors (Lipinski definition) is 4. The van der Waals surface area contributed by atoms with Gasteiger partial charge in [-0.25, -0.2) is 13.1 Å². The van der Waals surface area contributed by atoms with Crippen LogP contribution >= 0.6 is 15.9 Å². The zero-order valence-electron chi connectivity index (χ0n) is 10.7. The molecule has 108 valence electrons. The predicted molar refractivity (Wildman–Crippen MR) is 77.4 cm³/mol. The lowest BCUT2D eigenvalue weighted by Gasteiger charge is -2.09. The number of sulfonamides is 1. The number of hydrogen-bond donors (Lipinski definition) is 3. The van der Waals surface area contributed by atoms with E-state index < -0.39 is 10.0 Å². The maximum atomic E-state index is 12.3. The number of nitrogens with zero attached hydrogens (tertiary/aromatic N) is 1. The van der Waals surface area contributed by atoms with Gasteiger partial charge in [0.1, 0.15) is 0 Å². The molecule has 3 N–H and O–H groups in total. The van der Waals surface area contributed by atoms with Crippen molar-refractivity contribution in [3.05, 3.63) is 45.7 Å². The van der Waals surface area contributed by atoms with Crippen LogP contribution in [0.4, 0.5) is 0 Å². The molecular formula is C12H14BrN3O3S. The van der Waals surface area contributed by atoms with Gasteiger partial charge in [0.25, 0.3) is 0 Å². The van der Waals surface area contributed by atoms with Crippen molar-refractivity contribution in [2.75, 3.05) is 0 Å². The van der Waals surface area contributed by atoms with Gasteiger partial charge in [0.15, 0.2) is 0 Å². The summed E-state index contributed by atoms with van der Waals surface area (Å²) in [6.45, 7) is 1.76. The van der Waals surface area contributed by atoms with Crippen LogP contribution in [0.2, 0.25) is 0 Å². The monoisotopic (exact) mass is 359 g/mol. The lowest BCUT2D eigenvalue weighted by molar-refractivity contribution is 0.281. The van der Waals surface area contributed by atoms with Crippen LogP contribution in [0.15, 0.2) is 33.8 Å². The van der Waals surface area contributed by atoms with Crippen LogP contribution in [-0.4, -0.2) is 23.7 Å². The van der Waals surface area contributed by atoms with Crippen molar-refractivity contribution in [1.82, 2.24) is 14.9 Å². The van der Waals surface area contributed by atoms with Crippen molar-refractivity contribution in [1.29, 1.82) is 0 Å². The molecule has 2 rings (SSSR count). The van der Waals surface area contributed by atoms with Crippen LogP contribution in [0.3, 0.4) is 0 Å². The van der Waals surface area contributed by atoms with E-state index in [9.17, 15) is 8.42 Å². The third-order valence-corrected chi connectivity index (χ3v) is 5.25. The molecule has 0 atom stereocenters. The SMILES string of the molecule is Cc1[nH]ncc1CNS(=O)(=O)c1cc(CO)ccc1Br. The summed E-state index contributed by atoms with van der Waals surface area (Å²) in [5.74, 6) is 0. The highest BCUT2D eigenvalue weighted by atomic mass is 79.9. The van der Waals surface area contributed by atoms with E-state index in [4.69, 9.17) is 5.11 Å². The first-order chi connectivity index (χ1) is 9.44. The van der Waals surface area contributed by atoms with Crippen LogP contribution in [0.1, 0.15) is 16.8 Å². The number of aliphatic hydroxyl groups excluding tert-OH is 1. The second-order valence-electron chi connectivity index (χ2n) is 4.27. The van der Waals surface area contributed by atoms with Gasteiger partial charge in [0.05, 0.1) is 17.7 Å². The van der Waals surface area contributed by atoms with Crippen LogP contribution in [-0.2, 0) is 23.2 Å². The summed E-state index contributed by atoms with van der Waals surface area (Å²) >= 11 is 3.21. The summed E-state index contributed by atoms with van der Waals surface area (Å²) in [5.41, 5.74) is 2.13. The maximum Gasteiger partial charge on any atom is 0.242 e. The minimum absolute atomic E-state index is 0.102. The molecule has 0 spiro atoms. The largest absolute Gasteiger partial charge is 0.392 e. The lowest BCUT2D eigenvalue weighted by Crippen LogP contribution is -2.24. The fraction of sp³-hybridized carbons (Fsp3) is 0.250. The molecule has 0 bridgehead atoms. The van der Waals surface area contributed by atoms with Crippen LogP contribution in [0.5, 0.6) is 0 Å². The Hall–Kier alpha value is -1.22. The molecule has 0 amide bonds. The number of halogens is 1. The smallest absolute Gasteiger partial charge is 0.242 e. The Morgan fingerprint density at radius 3 is 2.80 bits per heavy atom. The van der Waals surface area contributed by atoms with E-state index in [0.717, 1.165) is 11.3 Å². The number of H-pyrrole nitrogens is 1. The zero-order valence-corrected chi connectivity index (χ0v) is 13.1. The molecule has 6 nitrogen and oxygen atoms in total.